The van der Waals surface area contributed by atoms with Gasteiger partial charge in [-0.15, -0.1) is 0 Å². The highest BCUT2D eigenvalue weighted by atomic mass is 16.5. The summed E-state index contributed by atoms with van der Waals surface area (Å²) in [5.41, 5.74) is 4.54. The van der Waals surface area contributed by atoms with E-state index in [4.69, 9.17) is 4.74 Å². The fourth-order valence-electron chi connectivity index (χ4n) is 3.05. The molecule has 0 radical (unpaired) electrons. The number of hydrogen-bond donors (Lipinski definition) is 1. The van der Waals surface area contributed by atoms with Crippen molar-refractivity contribution in [3.63, 3.8) is 0 Å². The molecule has 0 atom stereocenters. The van der Waals surface area contributed by atoms with Crippen molar-refractivity contribution >= 4 is 17.3 Å². The van der Waals surface area contributed by atoms with Crippen molar-refractivity contribution in [1.29, 1.82) is 0 Å². The highest BCUT2D eigenvalue weighted by Gasteiger charge is 2.16. The van der Waals surface area contributed by atoms with Gasteiger partial charge in [0.05, 0.1) is 25.1 Å². The maximum Gasteiger partial charge on any atom is 0.274 e. The van der Waals surface area contributed by atoms with Gasteiger partial charge in [0.15, 0.2) is 0 Å². The molecule has 0 spiro atoms. The van der Waals surface area contributed by atoms with E-state index in [-0.39, 0.29) is 5.91 Å². The molecule has 0 unspecified atom stereocenters. The van der Waals surface area contributed by atoms with Crippen LogP contribution in [0, 0.1) is 6.92 Å². The van der Waals surface area contributed by atoms with E-state index >= 15 is 0 Å². The van der Waals surface area contributed by atoms with Crippen LogP contribution >= 0.6 is 0 Å². The lowest BCUT2D eigenvalue weighted by atomic mass is 9.98. The van der Waals surface area contributed by atoms with Gasteiger partial charge >= 0.3 is 0 Å². The number of rotatable bonds is 4. The summed E-state index contributed by atoms with van der Waals surface area (Å²) in [6.45, 7) is 9.43. The first kappa shape index (κ1) is 17.4. The fourth-order valence-corrected chi connectivity index (χ4v) is 3.05. The average Bonchev–Trinajstić information content (AvgIpc) is 2.64. The lowest BCUT2D eigenvalue weighted by Crippen LogP contribution is -2.36. The Morgan fingerprint density at radius 1 is 1.20 bits per heavy atom. The first-order chi connectivity index (χ1) is 12.1. The SMILES string of the molecule is Cc1cccc(C(C)C)c1NC(=O)c1ccc(N2CCOCC2)cn1. The van der Waals surface area contributed by atoms with E-state index in [0.717, 1.165) is 48.8 Å². The molecule has 1 saturated heterocycles. The Kier molecular flexibility index (Phi) is 5.34. The number of nitrogens with zero attached hydrogens (tertiary/aromatic N) is 2. The lowest BCUT2D eigenvalue weighted by Gasteiger charge is -2.28. The molecule has 132 valence electrons. The van der Waals surface area contributed by atoms with Crippen LogP contribution in [0.2, 0.25) is 0 Å². The summed E-state index contributed by atoms with van der Waals surface area (Å²) < 4.78 is 5.36. The molecule has 5 nitrogen and oxygen atoms in total. The second-order valence-electron chi connectivity index (χ2n) is 6.65. The summed E-state index contributed by atoms with van der Waals surface area (Å²) in [7, 11) is 0. The van der Waals surface area contributed by atoms with Crippen LogP contribution in [0.25, 0.3) is 0 Å². The number of aromatic nitrogens is 1. The third-order valence-corrected chi connectivity index (χ3v) is 4.52. The van der Waals surface area contributed by atoms with Gasteiger partial charge in [-0.25, -0.2) is 4.98 Å². The van der Waals surface area contributed by atoms with Crippen LogP contribution in [0.1, 0.15) is 41.4 Å². The van der Waals surface area contributed by atoms with Gasteiger partial charge in [-0.2, -0.15) is 0 Å². The van der Waals surface area contributed by atoms with Crippen molar-refractivity contribution < 1.29 is 9.53 Å². The number of nitrogens with one attached hydrogen (secondary N) is 1. The van der Waals surface area contributed by atoms with Crippen molar-refractivity contribution in [3.8, 4) is 0 Å². The molecule has 3 rings (SSSR count). The van der Waals surface area contributed by atoms with Crippen LogP contribution in [-0.4, -0.2) is 37.2 Å². The second-order valence-corrected chi connectivity index (χ2v) is 6.65. The molecule has 1 aliphatic rings. The van der Waals surface area contributed by atoms with E-state index in [0.29, 0.717) is 11.6 Å². The highest BCUT2D eigenvalue weighted by Crippen LogP contribution is 2.27. The summed E-state index contributed by atoms with van der Waals surface area (Å²) in [5, 5.41) is 3.04. The topological polar surface area (TPSA) is 54.5 Å². The summed E-state index contributed by atoms with van der Waals surface area (Å²) in [6, 6.07) is 9.83. The van der Waals surface area contributed by atoms with Crippen LogP contribution in [-0.2, 0) is 4.74 Å². The first-order valence-corrected chi connectivity index (χ1v) is 8.76. The molecule has 1 aromatic carbocycles. The van der Waals surface area contributed by atoms with Crippen molar-refractivity contribution in [2.45, 2.75) is 26.7 Å². The van der Waals surface area contributed by atoms with Crippen LogP contribution in [0.3, 0.4) is 0 Å². The van der Waals surface area contributed by atoms with E-state index in [2.05, 4.69) is 35.1 Å². The maximum absolute atomic E-state index is 12.6. The van der Waals surface area contributed by atoms with Gasteiger partial charge in [-0.1, -0.05) is 32.0 Å². The predicted octanol–water partition coefficient (Wildman–Crippen LogP) is 3.60. The Hall–Kier alpha value is -2.40. The predicted molar refractivity (Wildman–Crippen MR) is 100 cm³/mol. The summed E-state index contributed by atoms with van der Waals surface area (Å²) in [6.07, 6.45) is 1.77. The Morgan fingerprint density at radius 3 is 2.60 bits per heavy atom. The van der Waals surface area contributed by atoms with Gasteiger partial charge < -0.3 is 15.0 Å². The first-order valence-electron chi connectivity index (χ1n) is 8.76. The number of carbonyl (C=O) groups excluding carboxylic acids is 1. The molecule has 1 aromatic heterocycles. The van der Waals surface area contributed by atoms with E-state index in [1.54, 1.807) is 12.3 Å². The number of aryl methyl sites for hydroxylation is 1. The zero-order valence-corrected chi connectivity index (χ0v) is 15.1. The molecule has 2 aromatic rings. The summed E-state index contributed by atoms with van der Waals surface area (Å²) in [4.78, 5) is 19.2. The minimum absolute atomic E-state index is 0.176. The molecular weight excluding hydrogens is 314 g/mol. The number of para-hydroxylation sites is 1. The van der Waals surface area contributed by atoms with E-state index in [1.165, 1.54) is 0 Å². The lowest BCUT2D eigenvalue weighted by molar-refractivity contribution is 0.102. The van der Waals surface area contributed by atoms with Crippen molar-refractivity contribution in [3.05, 3.63) is 53.3 Å². The Morgan fingerprint density at radius 2 is 1.96 bits per heavy atom. The number of hydrogen-bond acceptors (Lipinski definition) is 4. The van der Waals surface area contributed by atoms with E-state index < -0.39 is 0 Å². The Labute approximate surface area is 149 Å². The molecular formula is C20H25N3O2. The third-order valence-electron chi connectivity index (χ3n) is 4.52. The number of amides is 1. The van der Waals surface area contributed by atoms with Crippen LogP contribution < -0.4 is 10.2 Å². The zero-order valence-electron chi connectivity index (χ0n) is 15.1. The van der Waals surface area contributed by atoms with Gasteiger partial charge in [-0.3, -0.25) is 4.79 Å². The van der Waals surface area contributed by atoms with Crippen molar-refractivity contribution in [1.82, 2.24) is 4.98 Å². The van der Waals surface area contributed by atoms with Crippen LogP contribution in [0.15, 0.2) is 36.5 Å². The molecule has 0 saturated carbocycles. The number of morpholine rings is 1. The van der Waals surface area contributed by atoms with Gasteiger partial charge in [0, 0.05) is 18.8 Å². The van der Waals surface area contributed by atoms with Gasteiger partial charge in [0.25, 0.3) is 5.91 Å². The normalized spacial score (nSPS) is 14.6. The van der Waals surface area contributed by atoms with Crippen LogP contribution in [0.4, 0.5) is 11.4 Å². The monoisotopic (exact) mass is 339 g/mol. The average molecular weight is 339 g/mol. The maximum atomic E-state index is 12.6. The summed E-state index contributed by atoms with van der Waals surface area (Å²) >= 11 is 0. The molecule has 1 amide bonds. The minimum atomic E-state index is -0.176. The summed E-state index contributed by atoms with van der Waals surface area (Å²) in [5.74, 6) is 0.164. The Bertz CT molecular complexity index is 735. The minimum Gasteiger partial charge on any atom is -0.378 e. The molecule has 2 heterocycles. The number of pyridine rings is 1. The molecule has 1 fully saturated rings. The van der Waals surface area contributed by atoms with E-state index in [9.17, 15) is 4.79 Å². The zero-order chi connectivity index (χ0) is 17.8. The second kappa shape index (κ2) is 7.66. The molecule has 0 bridgehead atoms. The fraction of sp³-hybridized carbons (Fsp3) is 0.400. The molecule has 25 heavy (non-hydrogen) atoms. The number of carbonyl (C=O) groups is 1. The smallest absolute Gasteiger partial charge is 0.274 e. The largest absolute Gasteiger partial charge is 0.378 e. The molecule has 1 aliphatic heterocycles. The van der Waals surface area contributed by atoms with Gasteiger partial charge in [0.1, 0.15) is 5.69 Å². The van der Waals surface area contributed by atoms with Crippen molar-refractivity contribution in [2.75, 3.05) is 36.5 Å². The number of ether oxygens (including phenoxy) is 1. The standard InChI is InChI=1S/C20H25N3O2/c1-14(2)17-6-4-5-15(3)19(17)22-20(24)18-8-7-16(13-21-18)23-9-11-25-12-10-23/h4-8,13-14H,9-12H2,1-3H3,(H,22,24). The molecule has 1 N–H and O–H groups in total. The number of anilines is 2. The van der Waals surface area contributed by atoms with Gasteiger partial charge in [0.2, 0.25) is 0 Å². The number of benzene rings is 1. The third kappa shape index (κ3) is 3.99. The van der Waals surface area contributed by atoms with Gasteiger partial charge in [-0.05, 0) is 36.1 Å². The highest BCUT2D eigenvalue weighted by molar-refractivity contribution is 6.03. The Balaban J connectivity index is 1.76. The molecule has 0 aliphatic carbocycles. The van der Waals surface area contributed by atoms with E-state index in [1.807, 2.05) is 25.1 Å². The van der Waals surface area contributed by atoms with Crippen molar-refractivity contribution in [2.24, 2.45) is 0 Å². The molecule has 5 heteroatoms. The van der Waals surface area contributed by atoms with Crippen LogP contribution in [0.5, 0.6) is 0 Å². The quantitative estimate of drug-likeness (QED) is 0.925.